The van der Waals surface area contributed by atoms with Gasteiger partial charge in [-0.05, 0) is 60.2 Å². The van der Waals surface area contributed by atoms with Crippen LogP contribution in [-0.4, -0.2) is 22.4 Å². The fourth-order valence-corrected chi connectivity index (χ4v) is 4.03. The highest BCUT2D eigenvalue weighted by atomic mass is 16.1. The lowest BCUT2D eigenvalue weighted by molar-refractivity contribution is 0.0946. The first-order valence-electron chi connectivity index (χ1n) is 9.53. The summed E-state index contributed by atoms with van der Waals surface area (Å²) in [6.45, 7) is 0.691. The number of nitrogens with one attached hydrogen (secondary N) is 2. The number of H-pyrrole nitrogens is 1. The van der Waals surface area contributed by atoms with Crippen LogP contribution in [0.3, 0.4) is 0 Å². The standard InChI is InChI=1S/C23H21N3O/c27-23-20-14-22(26-21(20)9-11-25-23)18-8-10-24-19(13-18)7-5-15-4-6-16-2-1-3-17(16)12-15/h4-8,10,12-14,26H,1-3,9,11H2,(H,25,27)/b7-5+. The number of carbonyl (C=O) groups excluding carboxylic acids is 1. The van der Waals surface area contributed by atoms with E-state index >= 15 is 0 Å². The van der Waals surface area contributed by atoms with Crippen LogP contribution >= 0.6 is 0 Å². The second kappa shape index (κ2) is 6.54. The minimum absolute atomic E-state index is 0.00420. The Hall–Kier alpha value is -3.14. The molecule has 0 radical (unpaired) electrons. The molecule has 4 nitrogen and oxygen atoms in total. The molecule has 1 aromatic carbocycles. The molecule has 2 N–H and O–H groups in total. The van der Waals surface area contributed by atoms with Crippen LogP contribution in [0.15, 0.2) is 42.6 Å². The zero-order valence-electron chi connectivity index (χ0n) is 15.1. The van der Waals surface area contributed by atoms with Crippen LogP contribution < -0.4 is 5.32 Å². The number of nitrogens with zero attached hydrogens (tertiary/aromatic N) is 1. The van der Waals surface area contributed by atoms with Crippen molar-refractivity contribution in [2.75, 3.05) is 6.54 Å². The van der Waals surface area contributed by atoms with Crippen molar-refractivity contribution in [1.82, 2.24) is 15.3 Å². The Bertz CT molecular complexity index is 1060. The number of amides is 1. The number of hydrogen-bond acceptors (Lipinski definition) is 2. The maximum absolute atomic E-state index is 12.0. The van der Waals surface area contributed by atoms with Crippen molar-refractivity contribution in [2.24, 2.45) is 0 Å². The third-order valence-electron chi connectivity index (χ3n) is 5.47. The van der Waals surface area contributed by atoms with Gasteiger partial charge in [0.25, 0.3) is 5.91 Å². The molecule has 3 heterocycles. The first-order valence-corrected chi connectivity index (χ1v) is 9.53. The molecule has 0 atom stereocenters. The summed E-state index contributed by atoms with van der Waals surface area (Å²) in [5, 5.41) is 2.89. The van der Waals surface area contributed by atoms with Gasteiger partial charge in [0.2, 0.25) is 0 Å². The Balaban J connectivity index is 1.42. The lowest BCUT2D eigenvalue weighted by Crippen LogP contribution is -2.31. The van der Waals surface area contributed by atoms with Crippen molar-refractivity contribution in [3.63, 3.8) is 0 Å². The molecule has 2 aromatic heterocycles. The van der Waals surface area contributed by atoms with Gasteiger partial charge in [0.15, 0.2) is 0 Å². The van der Waals surface area contributed by atoms with Crippen LogP contribution in [-0.2, 0) is 19.3 Å². The lowest BCUT2D eigenvalue weighted by Gasteiger charge is -2.10. The molecular weight excluding hydrogens is 334 g/mol. The number of rotatable bonds is 3. The summed E-state index contributed by atoms with van der Waals surface area (Å²) in [7, 11) is 0. The number of carbonyl (C=O) groups is 1. The zero-order valence-corrected chi connectivity index (χ0v) is 15.1. The molecule has 5 rings (SSSR count). The van der Waals surface area contributed by atoms with Crippen molar-refractivity contribution < 1.29 is 4.79 Å². The number of pyridine rings is 1. The maximum Gasteiger partial charge on any atom is 0.253 e. The smallest absolute Gasteiger partial charge is 0.253 e. The van der Waals surface area contributed by atoms with Gasteiger partial charge in [-0.1, -0.05) is 24.3 Å². The number of aryl methyl sites for hydroxylation is 2. The fourth-order valence-electron chi connectivity index (χ4n) is 4.03. The highest BCUT2D eigenvalue weighted by Gasteiger charge is 2.19. The van der Waals surface area contributed by atoms with Crippen molar-refractivity contribution in [3.05, 3.63) is 76.2 Å². The third kappa shape index (κ3) is 3.08. The predicted octanol–water partition coefficient (Wildman–Crippen LogP) is 4.02. The van der Waals surface area contributed by atoms with E-state index in [1.165, 1.54) is 36.0 Å². The summed E-state index contributed by atoms with van der Waals surface area (Å²) < 4.78 is 0. The van der Waals surface area contributed by atoms with E-state index in [2.05, 4.69) is 51.7 Å². The van der Waals surface area contributed by atoms with Gasteiger partial charge in [0, 0.05) is 36.1 Å². The molecule has 3 aromatic rings. The Morgan fingerprint density at radius 3 is 2.81 bits per heavy atom. The molecule has 0 spiro atoms. The molecule has 0 saturated heterocycles. The Morgan fingerprint density at radius 1 is 0.963 bits per heavy atom. The Morgan fingerprint density at radius 2 is 1.89 bits per heavy atom. The van der Waals surface area contributed by atoms with Crippen LogP contribution in [0.5, 0.6) is 0 Å². The van der Waals surface area contributed by atoms with Crippen molar-refractivity contribution >= 4 is 18.1 Å². The molecular formula is C23H21N3O. The molecule has 4 heteroatoms. The van der Waals surface area contributed by atoms with E-state index in [-0.39, 0.29) is 5.91 Å². The van der Waals surface area contributed by atoms with Gasteiger partial charge < -0.3 is 10.3 Å². The van der Waals surface area contributed by atoms with Gasteiger partial charge in [-0.15, -0.1) is 0 Å². The molecule has 27 heavy (non-hydrogen) atoms. The predicted molar refractivity (Wildman–Crippen MR) is 107 cm³/mol. The van der Waals surface area contributed by atoms with E-state index in [9.17, 15) is 4.79 Å². The molecule has 1 amide bonds. The molecule has 0 saturated carbocycles. The summed E-state index contributed by atoms with van der Waals surface area (Å²) in [4.78, 5) is 19.8. The molecule has 0 bridgehead atoms. The number of hydrogen-bond donors (Lipinski definition) is 2. The van der Waals surface area contributed by atoms with Crippen molar-refractivity contribution in [3.8, 4) is 11.3 Å². The minimum atomic E-state index is 0.00420. The number of aromatic amines is 1. The minimum Gasteiger partial charge on any atom is -0.358 e. The largest absolute Gasteiger partial charge is 0.358 e. The highest BCUT2D eigenvalue weighted by Crippen LogP contribution is 2.26. The van der Waals surface area contributed by atoms with Crippen molar-refractivity contribution in [1.29, 1.82) is 0 Å². The molecule has 134 valence electrons. The van der Waals surface area contributed by atoms with Crippen LogP contribution in [0.1, 0.15) is 44.9 Å². The molecule has 2 aliphatic rings. The van der Waals surface area contributed by atoms with Crippen molar-refractivity contribution in [2.45, 2.75) is 25.7 Å². The zero-order chi connectivity index (χ0) is 18.2. The third-order valence-corrected chi connectivity index (χ3v) is 5.47. The topological polar surface area (TPSA) is 57.8 Å². The molecule has 0 fully saturated rings. The average Bonchev–Trinajstić information content (AvgIpc) is 3.34. The fraction of sp³-hybridized carbons (Fsp3) is 0.217. The first-order chi connectivity index (χ1) is 13.3. The molecule has 0 unspecified atom stereocenters. The Labute approximate surface area is 158 Å². The average molecular weight is 355 g/mol. The van der Waals surface area contributed by atoms with E-state index < -0.39 is 0 Å². The monoisotopic (exact) mass is 355 g/mol. The SMILES string of the molecule is O=C1NCCc2[nH]c(-c3ccnc(/C=C/c4ccc5c(c4)CCC5)c3)cc21. The van der Waals surface area contributed by atoms with Crippen LogP contribution in [0.25, 0.3) is 23.4 Å². The van der Waals surface area contributed by atoms with E-state index in [1.807, 2.05) is 18.3 Å². The second-order valence-electron chi connectivity index (χ2n) is 7.27. The summed E-state index contributed by atoms with van der Waals surface area (Å²) in [6, 6.07) is 12.7. The summed E-state index contributed by atoms with van der Waals surface area (Å²) in [6.07, 6.45) is 10.5. The summed E-state index contributed by atoms with van der Waals surface area (Å²) in [5.74, 6) is 0.00420. The first kappa shape index (κ1) is 16.1. The van der Waals surface area contributed by atoms with E-state index in [1.54, 1.807) is 0 Å². The van der Waals surface area contributed by atoms with E-state index in [4.69, 9.17) is 0 Å². The van der Waals surface area contributed by atoms with Gasteiger partial charge in [-0.2, -0.15) is 0 Å². The normalized spacial score (nSPS) is 15.6. The van der Waals surface area contributed by atoms with Gasteiger partial charge in [0.1, 0.15) is 0 Å². The van der Waals surface area contributed by atoms with Crippen LogP contribution in [0.4, 0.5) is 0 Å². The Kier molecular flexibility index (Phi) is 3.89. The number of aromatic nitrogens is 2. The van der Waals surface area contributed by atoms with Gasteiger partial charge in [-0.25, -0.2) is 0 Å². The second-order valence-corrected chi connectivity index (χ2v) is 7.27. The summed E-state index contributed by atoms with van der Waals surface area (Å²) in [5.41, 5.74) is 8.87. The van der Waals surface area contributed by atoms with Crippen LogP contribution in [0, 0.1) is 0 Å². The molecule has 1 aliphatic heterocycles. The van der Waals surface area contributed by atoms with Gasteiger partial charge in [0.05, 0.1) is 11.3 Å². The summed E-state index contributed by atoms with van der Waals surface area (Å²) >= 11 is 0. The highest BCUT2D eigenvalue weighted by molar-refractivity contribution is 5.97. The van der Waals surface area contributed by atoms with Crippen LogP contribution in [0.2, 0.25) is 0 Å². The maximum atomic E-state index is 12.0. The van der Waals surface area contributed by atoms with Gasteiger partial charge in [-0.3, -0.25) is 9.78 Å². The molecule has 1 aliphatic carbocycles. The van der Waals surface area contributed by atoms with Gasteiger partial charge >= 0.3 is 0 Å². The lowest BCUT2D eigenvalue weighted by atomic mass is 10.1. The quantitative estimate of drug-likeness (QED) is 0.745. The van der Waals surface area contributed by atoms with E-state index in [0.29, 0.717) is 6.54 Å². The van der Waals surface area contributed by atoms with E-state index in [0.717, 1.165) is 34.6 Å². The number of fused-ring (bicyclic) bond motifs is 2. The number of benzene rings is 1.